The predicted octanol–water partition coefficient (Wildman–Crippen LogP) is 3.31. The molecule has 0 saturated carbocycles. The van der Waals surface area contributed by atoms with Crippen LogP contribution in [0.2, 0.25) is 0 Å². The molecule has 1 aromatic carbocycles. The fourth-order valence-corrected chi connectivity index (χ4v) is 2.11. The van der Waals surface area contributed by atoms with Crippen molar-refractivity contribution in [2.75, 3.05) is 20.6 Å². The summed E-state index contributed by atoms with van der Waals surface area (Å²) in [5.74, 6) is 0.732. The summed E-state index contributed by atoms with van der Waals surface area (Å²) in [6.45, 7) is 8.90. The van der Waals surface area contributed by atoms with E-state index in [0.717, 1.165) is 19.0 Å². The van der Waals surface area contributed by atoms with Crippen LogP contribution in [-0.4, -0.2) is 31.6 Å². The van der Waals surface area contributed by atoms with E-state index in [4.69, 9.17) is 0 Å². The second-order valence-electron chi connectivity index (χ2n) is 6.29. The van der Waals surface area contributed by atoms with Crippen LogP contribution in [0.15, 0.2) is 24.3 Å². The summed E-state index contributed by atoms with van der Waals surface area (Å²) in [6.07, 6.45) is 2.37. The van der Waals surface area contributed by atoms with E-state index < -0.39 is 0 Å². The van der Waals surface area contributed by atoms with Gasteiger partial charge in [-0.05, 0) is 57.5 Å². The molecule has 1 N–H and O–H groups in total. The van der Waals surface area contributed by atoms with Crippen LogP contribution in [0.1, 0.15) is 38.3 Å². The van der Waals surface area contributed by atoms with Gasteiger partial charge in [0.2, 0.25) is 0 Å². The minimum Gasteiger partial charge on any atom is -0.310 e. The molecule has 0 aromatic heterocycles. The zero-order valence-electron chi connectivity index (χ0n) is 13.2. The van der Waals surface area contributed by atoms with E-state index in [0.29, 0.717) is 6.04 Å². The van der Waals surface area contributed by atoms with Gasteiger partial charge in [0.25, 0.3) is 0 Å². The largest absolute Gasteiger partial charge is 0.310 e. The Bertz CT molecular complexity index is 341. The Morgan fingerprint density at radius 3 is 2.11 bits per heavy atom. The van der Waals surface area contributed by atoms with E-state index >= 15 is 0 Å². The molecule has 0 radical (unpaired) electrons. The highest BCUT2D eigenvalue weighted by molar-refractivity contribution is 5.22. The average Bonchev–Trinajstić information content (AvgIpc) is 2.35. The van der Waals surface area contributed by atoms with E-state index in [1.807, 2.05) is 0 Å². The van der Waals surface area contributed by atoms with Crippen molar-refractivity contribution in [1.82, 2.24) is 10.2 Å². The van der Waals surface area contributed by atoms with Gasteiger partial charge in [-0.25, -0.2) is 0 Å². The molecule has 1 unspecified atom stereocenters. The summed E-state index contributed by atoms with van der Waals surface area (Å²) in [5.41, 5.74) is 2.82. The molecule has 0 heterocycles. The smallest absolute Gasteiger partial charge is 0.0207 e. The molecule has 0 aliphatic carbocycles. The first-order valence-electron chi connectivity index (χ1n) is 7.43. The lowest BCUT2D eigenvalue weighted by molar-refractivity contribution is 0.365. The Morgan fingerprint density at radius 1 is 1.00 bits per heavy atom. The van der Waals surface area contributed by atoms with Crippen molar-refractivity contribution in [2.45, 2.75) is 46.2 Å². The van der Waals surface area contributed by atoms with E-state index in [9.17, 15) is 0 Å². The summed E-state index contributed by atoms with van der Waals surface area (Å²) in [6, 6.07) is 9.60. The van der Waals surface area contributed by atoms with Gasteiger partial charge in [-0.1, -0.05) is 38.1 Å². The standard InChI is InChI=1S/C17H30N2/c1-14(2)12-16-6-8-17(9-7-16)13-18-15(3)10-11-19(4)5/h6-9,14-15,18H,10-13H2,1-5H3. The van der Waals surface area contributed by atoms with Gasteiger partial charge in [-0.2, -0.15) is 0 Å². The number of hydrogen-bond acceptors (Lipinski definition) is 2. The molecule has 0 amide bonds. The topological polar surface area (TPSA) is 15.3 Å². The van der Waals surface area contributed by atoms with Crippen molar-refractivity contribution in [1.29, 1.82) is 0 Å². The molecular formula is C17H30N2. The van der Waals surface area contributed by atoms with Crippen molar-refractivity contribution in [3.05, 3.63) is 35.4 Å². The monoisotopic (exact) mass is 262 g/mol. The quantitative estimate of drug-likeness (QED) is 0.773. The Labute approximate surface area is 119 Å². The third-order valence-corrected chi connectivity index (χ3v) is 3.33. The van der Waals surface area contributed by atoms with Crippen molar-refractivity contribution in [3.8, 4) is 0 Å². The fourth-order valence-electron chi connectivity index (χ4n) is 2.11. The minimum absolute atomic E-state index is 0.567. The Morgan fingerprint density at radius 2 is 1.58 bits per heavy atom. The lowest BCUT2D eigenvalue weighted by Crippen LogP contribution is -2.29. The fraction of sp³-hybridized carbons (Fsp3) is 0.647. The van der Waals surface area contributed by atoms with Gasteiger partial charge in [0, 0.05) is 12.6 Å². The van der Waals surface area contributed by atoms with Crippen molar-refractivity contribution in [2.24, 2.45) is 5.92 Å². The van der Waals surface area contributed by atoms with Gasteiger partial charge in [0.05, 0.1) is 0 Å². The summed E-state index contributed by atoms with van der Waals surface area (Å²) >= 11 is 0. The van der Waals surface area contributed by atoms with Crippen molar-refractivity contribution >= 4 is 0 Å². The molecule has 1 aromatic rings. The maximum Gasteiger partial charge on any atom is 0.0207 e. The molecular weight excluding hydrogens is 232 g/mol. The normalized spacial score (nSPS) is 13.2. The lowest BCUT2D eigenvalue weighted by atomic mass is 10.0. The third kappa shape index (κ3) is 7.34. The van der Waals surface area contributed by atoms with Gasteiger partial charge >= 0.3 is 0 Å². The molecule has 0 saturated heterocycles. The molecule has 0 fully saturated rings. The molecule has 19 heavy (non-hydrogen) atoms. The summed E-state index contributed by atoms with van der Waals surface area (Å²) in [4.78, 5) is 2.24. The molecule has 0 aliphatic heterocycles. The molecule has 2 nitrogen and oxygen atoms in total. The Hall–Kier alpha value is -0.860. The Balaban J connectivity index is 2.33. The van der Waals surface area contributed by atoms with Crippen LogP contribution in [0, 0.1) is 5.92 Å². The number of rotatable bonds is 8. The molecule has 0 bridgehead atoms. The number of hydrogen-bond donors (Lipinski definition) is 1. The zero-order valence-corrected chi connectivity index (χ0v) is 13.2. The third-order valence-electron chi connectivity index (χ3n) is 3.33. The van der Waals surface area contributed by atoms with Crippen LogP contribution in [0.3, 0.4) is 0 Å². The first-order valence-corrected chi connectivity index (χ1v) is 7.43. The summed E-state index contributed by atoms with van der Waals surface area (Å²) < 4.78 is 0. The first-order chi connectivity index (χ1) is 8.97. The Kier molecular flexibility index (Phi) is 7.11. The minimum atomic E-state index is 0.567. The van der Waals surface area contributed by atoms with Crippen LogP contribution in [0.25, 0.3) is 0 Å². The molecule has 0 aliphatic rings. The average molecular weight is 262 g/mol. The summed E-state index contributed by atoms with van der Waals surface area (Å²) in [7, 11) is 4.25. The highest BCUT2D eigenvalue weighted by Gasteiger charge is 2.03. The molecule has 2 heteroatoms. The van der Waals surface area contributed by atoms with Crippen LogP contribution in [0.4, 0.5) is 0 Å². The maximum atomic E-state index is 3.59. The van der Waals surface area contributed by atoms with Crippen LogP contribution in [0.5, 0.6) is 0 Å². The van der Waals surface area contributed by atoms with Crippen molar-refractivity contribution in [3.63, 3.8) is 0 Å². The molecule has 1 rings (SSSR count). The van der Waals surface area contributed by atoms with E-state index in [-0.39, 0.29) is 0 Å². The second-order valence-corrected chi connectivity index (χ2v) is 6.29. The second kappa shape index (κ2) is 8.34. The van der Waals surface area contributed by atoms with Crippen molar-refractivity contribution < 1.29 is 0 Å². The van der Waals surface area contributed by atoms with Gasteiger partial charge < -0.3 is 10.2 Å². The summed E-state index contributed by atoms with van der Waals surface area (Å²) in [5, 5.41) is 3.59. The first kappa shape index (κ1) is 16.2. The number of nitrogens with one attached hydrogen (secondary N) is 1. The van der Waals surface area contributed by atoms with Crippen LogP contribution in [-0.2, 0) is 13.0 Å². The highest BCUT2D eigenvalue weighted by Crippen LogP contribution is 2.10. The highest BCUT2D eigenvalue weighted by atomic mass is 15.1. The predicted molar refractivity (Wildman–Crippen MR) is 84.5 cm³/mol. The van der Waals surface area contributed by atoms with Crippen LogP contribution < -0.4 is 5.32 Å². The van der Waals surface area contributed by atoms with Gasteiger partial charge in [0.15, 0.2) is 0 Å². The maximum absolute atomic E-state index is 3.59. The molecule has 108 valence electrons. The number of nitrogens with zero attached hydrogens (tertiary/aromatic N) is 1. The SMILES string of the molecule is CC(C)Cc1ccc(CNC(C)CCN(C)C)cc1. The van der Waals surface area contributed by atoms with Gasteiger partial charge in [-0.3, -0.25) is 0 Å². The number of benzene rings is 1. The van der Waals surface area contributed by atoms with Gasteiger partial charge in [0.1, 0.15) is 0 Å². The lowest BCUT2D eigenvalue weighted by Gasteiger charge is -2.17. The zero-order chi connectivity index (χ0) is 14.3. The van der Waals surface area contributed by atoms with Gasteiger partial charge in [-0.15, -0.1) is 0 Å². The van der Waals surface area contributed by atoms with Crippen LogP contribution >= 0.6 is 0 Å². The van der Waals surface area contributed by atoms with E-state index in [1.54, 1.807) is 0 Å². The molecule has 1 atom stereocenters. The van der Waals surface area contributed by atoms with E-state index in [1.165, 1.54) is 24.0 Å². The molecule has 0 spiro atoms. The van der Waals surface area contributed by atoms with E-state index in [2.05, 4.69) is 69.3 Å².